The van der Waals surface area contributed by atoms with Crippen molar-refractivity contribution in [1.82, 2.24) is 19.7 Å². The summed E-state index contributed by atoms with van der Waals surface area (Å²) >= 11 is 7.81. The van der Waals surface area contributed by atoms with Gasteiger partial charge in [0.15, 0.2) is 5.82 Å². The maximum Gasteiger partial charge on any atom is 0.153 e. The highest BCUT2D eigenvalue weighted by Crippen LogP contribution is 2.32. The number of thiophene rings is 1. The molecule has 0 aliphatic rings. The fourth-order valence-electron chi connectivity index (χ4n) is 2.36. The number of aryl methyl sites for hydroxylation is 3. The number of nitrogens with two attached hydrogens (primary N) is 1. The Hall–Kier alpha value is -1.66. The van der Waals surface area contributed by atoms with Gasteiger partial charge in [0.05, 0.1) is 21.8 Å². The Morgan fingerprint density at radius 2 is 1.90 bits per heavy atom. The van der Waals surface area contributed by atoms with E-state index in [1.165, 1.54) is 4.88 Å². The lowest BCUT2D eigenvalue weighted by Crippen LogP contribution is -2.09. The van der Waals surface area contributed by atoms with E-state index >= 15 is 0 Å². The number of anilines is 1. The quantitative estimate of drug-likeness (QED) is 0.785. The van der Waals surface area contributed by atoms with Crippen LogP contribution in [-0.4, -0.2) is 19.7 Å². The molecule has 0 bridgehead atoms. The summed E-state index contributed by atoms with van der Waals surface area (Å²) in [7, 11) is 0. The zero-order valence-corrected chi connectivity index (χ0v) is 13.9. The monoisotopic (exact) mass is 321 g/mol. The first kappa shape index (κ1) is 14.3. The van der Waals surface area contributed by atoms with Gasteiger partial charge in [-0.3, -0.25) is 4.68 Å². The van der Waals surface area contributed by atoms with Gasteiger partial charge in [0.25, 0.3) is 0 Å². The van der Waals surface area contributed by atoms with Crippen LogP contribution in [0.2, 0.25) is 5.02 Å². The second-order valence-electron chi connectivity index (χ2n) is 5.13. The van der Waals surface area contributed by atoms with Gasteiger partial charge in [0.2, 0.25) is 0 Å². The molecule has 0 atom stereocenters. The summed E-state index contributed by atoms with van der Waals surface area (Å²) in [5.41, 5.74) is 8.98. The van der Waals surface area contributed by atoms with E-state index in [-0.39, 0.29) is 0 Å². The first-order chi connectivity index (χ1) is 9.88. The SMILES string of the molecule is Cc1nn(Cc2nc(N)c3c(C)c(C)sc3n2)c(C)c1Cl. The third-order valence-corrected chi connectivity index (χ3v) is 5.34. The summed E-state index contributed by atoms with van der Waals surface area (Å²) in [4.78, 5) is 11.2. The number of hydrogen-bond donors (Lipinski definition) is 1. The van der Waals surface area contributed by atoms with Crippen LogP contribution in [0.4, 0.5) is 5.82 Å². The maximum atomic E-state index is 6.17. The predicted molar refractivity (Wildman–Crippen MR) is 87.1 cm³/mol. The minimum Gasteiger partial charge on any atom is -0.383 e. The second-order valence-corrected chi connectivity index (χ2v) is 6.71. The van der Waals surface area contributed by atoms with Crippen molar-refractivity contribution < 1.29 is 0 Å². The Labute approximate surface area is 131 Å². The van der Waals surface area contributed by atoms with Gasteiger partial charge < -0.3 is 5.73 Å². The van der Waals surface area contributed by atoms with Gasteiger partial charge in [-0.2, -0.15) is 5.10 Å². The normalized spacial score (nSPS) is 11.5. The van der Waals surface area contributed by atoms with Crippen LogP contribution in [-0.2, 0) is 6.54 Å². The summed E-state index contributed by atoms with van der Waals surface area (Å²) < 4.78 is 1.81. The molecular weight excluding hydrogens is 306 g/mol. The fourth-order valence-corrected chi connectivity index (χ4v) is 3.55. The maximum absolute atomic E-state index is 6.17. The van der Waals surface area contributed by atoms with E-state index in [0.29, 0.717) is 23.2 Å². The highest BCUT2D eigenvalue weighted by molar-refractivity contribution is 7.18. The minimum absolute atomic E-state index is 0.468. The van der Waals surface area contributed by atoms with Gasteiger partial charge >= 0.3 is 0 Å². The van der Waals surface area contributed by atoms with Crippen LogP contribution in [0, 0.1) is 27.7 Å². The minimum atomic E-state index is 0.468. The van der Waals surface area contributed by atoms with Crippen molar-refractivity contribution in [2.24, 2.45) is 0 Å². The Kier molecular flexibility index (Phi) is 3.37. The summed E-state index contributed by atoms with van der Waals surface area (Å²) in [5.74, 6) is 1.19. The fraction of sp³-hybridized carbons (Fsp3) is 0.357. The first-order valence-electron chi connectivity index (χ1n) is 6.60. The van der Waals surface area contributed by atoms with Crippen LogP contribution >= 0.6 is 22.9 Å². The lowest BCUT2D eigenvalue weighted by Gasteiger charge is -2.05. The summed E-state index contributed by atoms with van der Waals surface area (Å²) in [6, 6.07) is 0. The van der Waals surface area contributed by atoms with E-state index < -0.39 is 0 Å². The first-order valence-corrected chi connectivity index (χ1v) is 7.79. The average molecular weight is 322 g/mol. The van der Waals surface area contributed by atoms with Crippen LogP contribution in [0.3, 0.4) is 0 Å². The van der Waals surface area contributed by atoms with Gasteiger partial charge in [0.1, 0.15) is 17.2 Å². The zero-order valence-electron chi connectivity index (χ0n) is 12.4. The molecule has 0 saturated carbocycles. The van der Waals surface area contributed by atoms with Crippen molar-refractivity contribution >= 4 is 39.0 Å². The molecule has 0 amide bonds. The third kappa shape index (κ3) is 2.28. The number of halogens is 1. The van der Waals surface area contributed by atoms with Crippen LogP contribution in [0.5, 0.6) is 0 Å². The van der Waals surface area contributed by atoms with Crippen LogP contribution in [0.15, 0.2) is 0 Å². The topological polar surface area (TPSA) is 69.6 Å². The van der Waals surface area contributed by atoms with Crippen LogP contribution in [0.25, 0.3) is 10.2 Å². The van der Waals surface area contributed by atoms with Gasteiger partial charge in [-0.1, -0.05) is 11.6 Å². The van der Waals surface area contributed by atoms with Crippen molar-refractivity contribution in [3.63, 3.8) is 0 Å². The Bertz CT molecular complexity index is 849. The van der Waals surface area contributed by atoms with E-state index in [2.05, 4.69) is 22.0 Å². The van der Waals surface area contributed by atoms with Gasteiger partial charge in [0, 0.05) is 4.88 Å². The Morgan fingerprint density at radius 3 is 2.52 bits per heavy atom. The lowest BCUT2D eigenvalue weighted by atomic mass is 10.2. The third-order valence-electron chi connectivity index (χ3n) is 3.69. The molecule has 0 fully saturated rings. The molecule has 0 aliphatic carbocycles. The molecular formula is C14H16ClN5S. The van der Waals surface area contributed by atoms with Crippen LogP contribution < -0.4 is 5.73 Å². The number of fused-ring (bicyclic) bond motifs is 1. The standard InChI is InChI=1S/C14H16ClN5S/c1-6-9(4)21-14-11(6)13(16)17-10(18-14)5-20-8(3)12(15)7(2)19-20/h5H2,1-4H3,(H2,16,17,18). The highest BCUT2D eigenvalue weighted by Gasteiger charge is 2.15. The largest absolute Gasteiger partial charge is 0.383 e. The molecule has 0 unspecified atom stereocenters. The molecule has 5 nitrogen and oxygen atoms in total. The van der Waals surface area contributed by atoms with E-state index in [1.54, 1.807) is 11.3 Å². The van der Waals surface area contributed by atoms with Crippen molar-refractivity contribution in [1.29, 1.82) is 0 Å². The predicted octanol–water partition coefficient (Wildman–Crippen LogP) is 3.41. The van der Waals surface area contributed by atoms with E-state index in [0.717, 1.165) is 27.2 Å². The van der Waals surface area contributed by atoms with Crippen molar-refractivity contribution in [2.45, 2.75) is 34.2 Å². The molecule has 0 saturated heterocycles. The van der Waals surface area contributed by atoms with Crippen molar-refractivity contribution in [3.8, 4) is 0 Å². The van der Waals surface area contributed by atoms with Crippen molar-refractivity contribution in [3.05, 3.63) is 32.7 Å². The summed E-state index contributed by atoms with van der Waals surface area (Å²) in [5, 5.41) is 6.06. The molecule has 0 aliphatic heterocycles. The lowest BCUT2D eigenvalue weighted by molar-refractivity contribution is 0.635. The molecule has 3 aromatic heterocycles. The smallest absolute Gasteiger partial charge is 0.153 e. The van der Waals surface area contributed by atoms with Crippen molar-refractivity contribution in [2.75, 3.05) is 5.73 Å². The molecule has 0 aromatic carbocycles. The number of rotatable bonds is 2. The molecule has 0 spiro atoms. The van der Waals surface area contributed by atoms with E-state index in [9.17, 15) is 0 Å². The van der Waals surface area contributed by atoms with Crippen LogP contribution in [0.1, 0.15) is 27.7 Å². The Morgan fingerprint density at radius 1 is 1.19 bits per heavy atom. The molecule has 0 radical (unpaired) electrons. The van der Waals surface area contributed by atoms with Gasteiger partial charge in [-0.05, 0) is 33.3 Å². The molecule has 3 heterocycles. The number of hydrogen-bond acceptors (Lipinski definition) is 5. The van der Waals surface area contributed by atoms with Gasteiger partial charge in [-0.15, -0.1) is 11.3 Å². The average Bonchev–Trinajstić information content (AvgIpc) is 2.83. The second kappa shape index (κ2) is 4.96. The summed E-state index contributed by atoms with van der Waals surface area (Å²) in [6.45, 7) is 8.41. The molecule has 2 N–H and O–H groups in total. The number of nitrogens with zero attached hydrogens (tertiary/aromatic N) is 4. The molecule has 110 valence electrons. The number of aromatic nitrogens is 4. The van der Waals surface area contributed by atoms with Gasteiger partial charge in [-0.25, -0.2) is 9.97 Å². The van der Waals surface area contributed by atoms with E-state index in [1.807, 2.05) is 25.5 Å². The Balaban J connectivity index is 2.07. The molecule has 3 rings (SSSR count). The summed E-state index contributed by atoms with van der Waals surface area (Å²) in [6.07, 6.45) is 0. The zero-order chi connectivity index (χ0) is 15.3. The molecule has 7 heteroatoms. The molecule has 21 heavy (non-hydrogen) atoms. The molecule has 3 aromatic rings. The van der Waals surface area contributed by atoms with E-state index in [4.69, 9.17) is 17.3 Å². The number of nitrogen functional groups attached to an aromatic ring is 1. The highest BCUT2D eigenvalue weighted by atomic mass is 35.5.